The first-order valence-corrected chi connectivity index (χ1v) is 9.76. The third kappa shape index (κ3) is 1.56. The van der Waals surface area contributed by atoms with E-state index in [9.17, 15) is 0 Å². The third-order valence-electron chi connectivity index (χ3n) is 4.15. The van der Waals surface area contributed by atoms with Crippen LogP contribution in [0.25, 0.3) is 32.3 Å². The van der Waals surface area contributed by atoms with Crippen molar-refractivity contribution < 1.29 is 0 Å². The van der Waals surface area contributed by atoms with Crippen molar-refractivity contribution in [2.75, 3.05) is 18.8 Å². The van der Waals surface area contributed by atoms with Gasteiger partial charge in [-0.1, -0.05) is 48.5 Å². The second kappa shape index (κ2) is 3.89. The molecule has 100 valence electrons. The maximum Gasteiger partial charge on any atom is -0.00161 e. The molecule has 0 bridgehead atoms. The average molecular weight is 278 g/mol. The lowest BCUT2D eigenvalue weighted by Crippen LogP contribution is -1.95. The van der Waals surface area contributed by atoms with Crippen LogP contribution in [0.2, 0.25) is 0 Å². The lowest BCUT2D eigenvalue weighted by molar-refractivity contribution is 1.54. The van der Waals surface area contributed by atoms with Crippen molar-refractivity contribution in [3.05, 3.63) is 54.6 Å². The normalized spacial score (nSPS) is 13.6. The van der Waals surface area contributed by atoms with Crippen molar-refractivity contribution in [1.29, 1.82) is 0 Å². The minimum absolute atomic E-state index is 0.728. The highest BCUT2D eigenvalue weighted by Crippen LogP contribution is 2.50. The summed E-state index contributed by atoms with van der Waals surface area (Å²) in [5.74, 6) is 0. The highest BCUT2D eigenvalue weighted by Gasteiger charge is 2.15. The summed E-state index contributed by atoms with van der Waals surface area (Å²) in [4.78, 5) is 1.52. The summed E-state index contributed by atoms with van der Waals surface area (Å²) < 4.78 is 0. The smallest absolute Gasteiger partial charge is 0.00161 e. The Labute approximate surface area is 121 Å². The van der Waals surface area contributed by atoms with Gasteiger partial charge in [0.15, 0.2) is 0 Å². The van der Waals surface area contributed by atoms with Crippen LogP contribution in [0.4, 0.5) is 0 Å². The number of rotatable bonds is 1. The van der Waals surface area contributed by atoms with Gasteiger partial charge in [-0.3, -0.25) is 0 Å². The average Bonchev–Trinajstić information content (AvgIpc) is 2.43. The molecule has 0 nitrogen and oxygen atoms in total. The Morgan fingerprint density at radius 3 is 1.80 bits per heavy atom. The first-order valence-electron chi connectivity index (χ1n) is 6.90. The van der Waals surface area contributed by atoms with Gasteiger partial charge in [-0.15, -0.1) is 0 Å². The minimum atomic E-state index is -0.728. The molecule has 0 radical (unpaired) electrons. The van der Waals surface area contributed by atoms with Gasteiger partial charge in [-0.25, -0.2) is 10.0 Å². The zero-order chi connectivity index (χ0) is 13.9. The first-order chi connectivity index (χ1) is 9.55. The van der Waals surface area contributed by atoms with E-state index in [1.165, 1.54) is 37.2 Å². The molecule has 0 unspecified atom stereocenters. The Bertz CT molecular complexity index is 913. The van der Waals surface area contributed by atoms with Gasteiger partial charge in [0, 0.05) is 0 Å². The highest BCUT2D eigenvalue weighted by atomic mass is 32.3. The second-order valence-electron chi connectivity index (χ2n) is 6.26. The summed E-state index contributed by atoms with van der Waals surface area (Å²) in [6.45, 7) is 0. The van der Waals surface area contributed by atoms with E-state index in [2.05, 4.69) is 73.4 Å². The molecule has 0 saturated carbocycles. The summed E-state index contributed by atoms with van der Waals surface area (Å²) in [6.07, 6.45) is 7.12. The van der Waals surface area contributed by atoms with Crippen molar-refractivity contribution in [3.8, 4) is 0 Å². The summed E-state index contributed by atoms with van der Waals surface area (Å²) in [5, 5.41) is 8.36. The molecule has 4 rings (SSSR count). The maximum absolute atomic E-state index is 2.37. The van der Waals surface area contributed by atoms with Crippen molar-refractivity contribution >= 4 is 42.3 Å². The Hall–Kier alpha value is -1.73. The minimum Gasteiger partial charge on any atom is -0.223 e. The molecule has 0 aliphatic rings. The topological polar surface area (TPSA) is 0 Å². The lowest BCUT2D eigenvalue weighted by atomic mass is 9.94. The van der Waals surface area contributed by atoms with Crippen LogP contribution < -0.4 is 0 Å². The number of hydrogen-bond donors (Lipinski definition) is 0. The van der Waals surface area contributed by atoms with Crippen LogP contribution in [0.5, 0.6) is 0 Å². The molecular weight excluding hydrogens is 260 g/mol. The monoisotopic (exact) mass is 278 g/mol. The van der Waals surface area contributed by atoms with Gasteiger partial charge in [0.1, 0.15) is 0 Å². The second-order valence-corrected chi connectivity index (χ2v) is 10.4. The van der Waals surface area contributed by atoms with E-state index in [0.717, 1.165) is 0 Å². The molecule has 0 amide bonds. The largest absolute Gasteiger partial charge is 0.223 e. The Morgan fingerprint density at radius 2 is 1.15 bits per heavy atom. The van der Waals surface area contributed by atoms with Gasteiger partial charge >= 0.3 is 0 Å². The fraction of sp³-hybridized carbons (Fsp3) is 0.158. The molecule has 0 saturated heterocycles. The van der Waals surface area contributed by atoms with Crippen LogP contribution >= 0.6 is 10.0 Å². The van der Waals surface area contributed by atoms with Crippen LogP contribution in [-0.2, 0) is 0 Å². The molecule has 4 aromatic rings. The van der Waals surface area contributed by atoms with E-state index in [1.54, 1.807) is 0 Å². The molecule has 0 fully saturated rings. The molecule has 0 aliphatic heterocycles. The summed E-state index contributed by atoms with van der Waals surface area (Å²) in [6, 6.07) is 20.3. The van der Waals surface area contributed by atoms with Crippen LogP contribution in [0.1, 0.15) is 0 Å². The van der Waals surface area contributed by atoms with E-state index >= 15 is 0 Å². The van der Waals surface area contributed by atoms with Gasteiger partial charge in [0.25, 0.3) is 0 Å². The third-order valence-corrected chi connectivity index (χ3v) is 5.82. The summed E-state index contributed by atoms with van der Waals surface area (Å²) in [5.41, 5.74) is 0. The molecule has 0 atom stereocenters. The molecule has 0 aromatic heterocycles. The Kier molecular flexibility index (Phi) is 2.34. The van der Waals surface area contributed by atoms with Crippen LogP contribution in [0.15, 0.2) is 59.5 Å². The lowest BCUT2D eigenvalue weighted by Gasteiger charge is -2.28. The quantitative estimate of drug-likeness (QED) is 0.395. The predicted molar refractivity (Wildman–Crippen MR) is 93.8 cm³/mol. The molecule has 4 aromatic carbocycles. The summed E-state index contributed by atoms with van der Waals surface area (Å²) >= 11 is 0. The van der Waals surface area contributed by atoms with E-state index in [0.29, 0.717) is 0 Å². The summed E-state index contributed by atoms with van der Waals surface area (Å²) in [7, 11) is -0.728. The van der Waals surface area contributed by atoms with Gasteiger partial charge in [0.05, 0.1) is 0 Å². The number of hydrogen-bond acceptors (Lipinski definition) is 0. The predicted octanol–water partition coefficient (Wildman–Crippen LogP) is 5.64. The van der Waals surface area contributed by atoms with Gasteiger partial charge < -0.3 is 0 Å². The SMILES string of the molecule is CS(C)(C)c1ccc2ccc3cccc4ccc1c2c34. The van der Waals surface area contributed by atoms with Crippen molar-refractivity contribution in [2.24, 2.45) is 0 Å². The van der Waals surface area contributed by atoms with Crippen molar-refractivity contribution in [3.63, 3.8) is 0 Å². The van der Waals surface area contributed by atoms with E-state index in [1.807, 2.05) is 0 Å². The van der Waals surface area contributed by atoms with Crippen LogP contribution in [-0.4, -0.2) is 18.8 Å². The molecule has 0 spiro atoms. The van der Waals surface area contributed by atoms with E-state index < -0.39 is 10.0 Å². The van der Waals surface area contributed by atoms with Gasteiger partial charge in [0.2, 0.25) is 0 Å². The number of benzene rings is 4. The van der Waals surface area contributed by atoms with Crippen molar-refractivity contribution in [2.45, 2.75) is 4.90 Å². The Balaban J connectivity index is 2.32. The first kappa shape index (κ1) is 12.0. The molecule has 0 N–H and O–H groups in total. The standard InChI is InChI=1S/C19H18S/c1-20(2,3)17-12-10-15-8-7-13-5-4-6-14-9-11-16(17)19(15)18(13)14/h4-12H,1-3H3. The molecule has 0 aliphatic carbocycles. The molecule has 0 heterocycles. The van der Waals surface area contributed by atoms with E-state index in [-0.39, 0.29) is 0 Å². The zero-order valence-electron chi connectivity index (χ0n) is 12.1. The van der Waals surface area contributed by atoms with Crippen molar-refractivity contribution in [1.82, 2.24) is 0 Å². The zero-order valence-corrected chi connectivity index (χ0v) is 12.9. The highest BCUT2D eigenvalue weighted by molar-refractivity contribution is 8.32. The fourth-order valence-corrected chi connectivity index (χ4v) is 4.55. The van der Waals surface area contributed by atoms with Crippen LogP contribution in [0, 0.1) is 0 Å². The fourth-order valence-electron chi connectivity index (χ4n) is 3.24. The maximum atomic E-state index is 2.37. The molecule has 1 heteroatoms. The van der Waals surface area contributed by atoms with Gasteiger partial charge in [-0.05, 0) is 62.0 Å². The Morgan fingerprint density at radius 1 is 0.600 bits per heavy atom. The molecular formula is C19H18S. The van der Waals surface area contributed by atoms with E-state index in [4.69, 9.17) is 0 Å². The van der Waals surface area contributed by atoms with Crippen LogP contribution in [0.3, 0.4) is 0 Å². The molecule has 20 heavy (non-hydrogen) atoms. The van der Waals surface area contributed by atoms with Gasteiger partial charge in [-0.2, -0.15) is 0 Å².